The molecular weight excluding hydrogens is 508 g/mol. The van der Waals surface area contributed by atoms with Gasteiger partial charge in [-0.1, -0.05) is 6.07 Å². The minimum Gasteiger partial charge on any atom is -0.395 e. The largest absolute Gasteiger partial charge is 0.395 e. The number of hydrogen-bond donors (Lipinski definition) is 3. The summed E-state index contributed by atoms with van der Waals surface area (Å²) in [6, 6.07) is 5.60. The van der Waals surface area contributed by atoms with Crippen LogP contribution in [0.2, 0.25) is 0 Å². The molecule has 12 nitrogen and oxygen atoms in total. The lowest BCUT2D eigenvalue weighted by Gasteiger charge is -2.34. The van der Waals surface area contributed by atoms with Gasteiger partial charge < -0.3 is 20.4 Å². The van der Waals surface area contributed by atoms with E-state index in [1.54, 1.807) is 24.1 Å². The van der Waals surface area contributed by atoms with Gasteiger partial charge in [0, 0.05) is 69.4 Å². The first kappa shape index (κ1) is 26.1. The molecule has 1 saturated heterocycles. The quantitative estimate of drug-likeness (QED) is 0.382. The van der Waals surface area contributed by atoms with E-state index in [1.807, 2.05) is 18.3 Å². The van der Waals surface area contributed by atoms with Gasteiger partial charge in [-0.05, 0) is 24.6 Å². The van der Waals surface area contributed by atoms with Gasteiger partial charge in [0.15, 0.2) is 15.7 Å². The zero-order valence-electron chi connectivity index (χ0n) is 21.0. The molecule has 0 aliphatic carbocycles. The fourth-order valence-corrected chi connectivity index (χ4v) is 5.00. The fraction of sp³-hybridized carbons (Fsp3) is 0.360. The van der Waals surface area contributed by atoms with Crippen molar-refractivity contribution in [3.05, 3.63) is 65.1 Å². The summed E-state index contributed by atoms with van der Waals surface area (Å²) in [6.45, 7) is 7.11. The molecule has 13 heteroatoms. The Morgan fingerprint density at radius 2 is 1.76 bits per heavy atom. The number of piperazine rings is 1. The molecule has 2 aliphatic rings. The summed E-state index contributed by atoms with van der Waals surface area (Å²) in [5.74, 6) is 1.26. The normalized spacial score (nSPS) is 18.7. The lowest BCUT2D eigenvalue weighted by Crippen LogP contribution is -2.46. The number of nitrogens with zero attached hydrogens (tertiary/aromatic N) is 7. The van der Waals surface area contributed by atoms with E-state index in [2.05, 4.69) is 35.1 Å². The second-order valence-corrected chi connectivity index (χ2v) is 11.0. The van der Waals surface area contributed by atoms with E-state index in [-0.39, 0.29) is 6.61 Å². The predicted octanol–water partition coefficient (Wildman–Crippen LogP) is 1.50. The van der Waals surface area contributed by atoms with Crippen molar-refractivity contribution in [1.29, 1.82) is 0 Å². The molecule has 5 heterocycles. The van der Waals surface area contributed by atoms with E-state index >= 15 is 0 Å². The second-order valence-electron chi connectivity index (χ2n) is 9.26. The molecule has 1 atom stereocenters. The van der Waals surface area contributed by atoms with Gasteiger partial charge >= 0.3 is 0 Å². The Hall–Kier alpha value is -3.49. The zero-order valence-corrected chi connectivity index (χ0v) is 21.8. The Balaban J connectivity index is 1.33. The van der Waals surface area contributed by atoms with Gasteiger partial charge in [-0.15, -0.1) is 0 Å². The van der Waals surface area contributed by atoms with Crippen molar-refractivity contribution in [3.63, 3.8) is 0 Å². The van der Waals surface area contributed by atoms with Crippen LogP contribution in [-0.4, -0.2) is 87.7 Å². The third-order valence-electron chi connectivity index (χ3n) is 6.41. The highest BCUT2D eigenvalue weighted by atomic mass is 32.2. The Morgan fingerprint density at radius 3 is 2.42 bits per heavy atom. The fourth-order valence-electron chi connectivity index (χ4n) is 4.31. The molecule has 0 unspecified atom stereocenters. The molecule has 0 aromatic carbocycles. The Morgan fingerprint density at radius 1 is 1.03 bits per heavy atom. The standard InChI is InChI=1S/C25H30N8O4S/c1-18(35)21-14-20-16-27-25(30-23(20)24(28-21)33-9-12-38(36,37)13-10-33)29-22-3-2-19(15-26-22)17-32-6-4-31(5-7-32)8-11-34/h2-3,9-10,12-16,18,34-35H,4-8,11,17H2,1H3,(H,26,27,29,30)/t18-/m1/s1. The van der Waals surface area contributed by atoms with Crippen LogP contribution in [0, 0.1) is 0 Å². The number of sulfone groups is 1. The Bertz CT molecular complexity index is 1430. The number of fused-ring (bicyclic) bond motifs is 1. The summed E-state index contributed by atoms with van der Waals surface area (Å²) in [6.07, 6.45) is 5.41. The summed E-state index contributed by atoms with van der Waals surface area (Å²) >= 11 is 0. The lowest BCUT2D eigenvalue weighted by molar-refractivity contribution is 0.108. The van der Waals surface area contributed by atoms with Crippen LogP contribution in [0.1, 0.15) is 24.3 Å². The van der Waals surface area contributed by atoms with Crippen molar-refractivity contribution >= 4 is 38.3 Å². The summed E-state index contributed by atoms with van der Waals surface area (Å²) in [5, 5.41) is 25.1. The molecule has 3 aromatic rings. The molecule has 2 aliphatic heterocycles. The predicted molar refractivity (Wildman–Crippen MR) is 144 cm³/mol. The van der Waals surface area contributed by atoms with Crippen molar-refractivity contribution < 1.29 is 18.6 Å². The first-order chi connectivity index (χ1) is 18.3. The number of anilines is 3. The molecule has 200 valence electrons. The van der Waals surface area contributed by atoms with Gasteiger partial charge in [0.25, 0.3) is 0 Å². The smallest absolute Gasteiger partial charge is 0.229 e. The maximum absolute atomic E-state index is 11.8. The van der Waals surface area contributed by atoms with Crippen molar-refractivity contribution in [1.82, 2.24) is 29.7 Å². The average molecular weight is 539 g/mol. The van der Waals surface area contributed by atoms with Crippen molar-refractivity contribution in [2.45, 2.75) is 19.6 Å². The highest BCUT2D eigenvalue weighted by Crippen LogP contribution is 2.29. The third-order valence-corrected chi connectivity index (χ3v) is 7.42. The zero-order chi connectivity index (χ0) is 26.7. The number of pyridine rings is 2. The van der Waals surface area contributed by atoms with Gasteiger partial charge in [0.05, 0.1) is 29.2 Å². The first-order valence-electron chi connectivity index (χ1n) is 12.3. The van der Waals surface area contributed by atoms with Gasteiger partial charge in [0.1, 0.15) is 11.3 Å². The first-order valence-corrected chi connectivity index (χ1v) is 13.9. The molecule has 0 radical (unpaired) electrons. The molecule has 0 amide bonds. The molecule has 1 fully saturated rings. The van der Waals surface area contributed by atoms with E-state index in [4.69, 9.17) is 5.11 Å². The van der Waals surface area contributed by atoms with Crippen molar-refractivity contribution in [2.75, 3.05) is 49.5 Å². The van der Waals surface area contributed by atoms with Gasteiger partial charge in [-0.3, -0.25) is 9.80 Å². The van der Waals surface area contributed by atoms with E-state index < -0.39 is 15.9 Å². The van der Waals surface area contributed by atoms with Crippen LogP contribution in [0.15, 0.2) is 53.8 Å². The van der Waals surface area contributed by atoms with Crippen molar-refractivity contribution in [3.8, 4) is 0 Å². The van der Waals surface area contributed by atoms with E-state index in [0.717, 1.165) is 55.6 Å². The van der Waals surface area contributed by atoms with Crippen LogP contribution in [0.3, 0.4) is 0 Å². The molecular formula is C25H30N8O4S. The van der Waals surface area contributed by atoms with Gasteiger partial charge in [-0.25, -0.2) is 28.4 Å². The summed E-state index contributed by atoms with van der Waals surface area (Å²) in [5.41, 5.74) is 2.00. The van der Waals surface area contributed by atoms with Crippen LogP contribution in [0.4, 0.5) is 17.6 Å². The molecule has 0 spiro atoms. The summed E-state index contributed by atoms with van der Waals surface area (Å²) in [4.78, 5) is 24.2. The topological polar surface area (TPSA) is 148 Å². The maximum Gasteiger partial charge on any atom is 0.229 e. The van der Waals surface area contributed by atoms with Crippen LogP contribution in [0.5, 0.6) is 0 Å². The number of nitrogens with one attached hydrogen (secondary N) is 1. The summed E-state index contributed by atoms with van der Waals surface area (Å²) < 4.78 is 23.6. The Kier molecular flexibility index (Phi) is 7.63. The highest BCUT2D eigenvalue weighted by molar-refractivity contribution is 7.97. The monoisotopic (exact) mass is 538 g/mol. The second kappa shape index (κ2) is 11.1. The molecule has 0 bridgehead atoms. The van der Waals surface area contributed by atoms with Crippen LogP contribution in [0.25, 0.3) is 10.9 Å². The minimum atomic E-state index is -3.42. The molecule has 0 saturated carbocycles. The number of aliphatic hydroxyl groups is 2. The van der Waals surface area contributed by atoms with Crippen LogP contribution in [-0.2, 0) is 16.4 Å². The minimum absolute atomic E-state index is 0.191. The van der Waals surface area contributed by atoms with Crippen LogP contribution >= 0.6 is 0 Å². The maximum atomic E-state index is 11.8. The number of hydrogen-bond acceptors (Lipinski definition) is 12. The molecule has 3 aromatic heterocycles. The van der Waals surface area contributed by atoms with Gasteiger partial charge in [0.2, 0.25) is 5.95 Å². The number of rotatable bonds is 8. The molecule has 38 heavy (non-hydrogen) atoms. The van der Waals surface area contributed by atoms with E-state index in [1.165, 1.54) is 12.4 Å². The molecule has 3 N–H and O–H groups in total. The number of β-amino-alcohol motifs (C(OH)–C–C–N with tert-alkyl or cyclic N) is 1. The lowest BCUT2D eigenvalue weighted by atomic mass is 10.2. The third kappa shape index (κ3) is 6.14. The molecule has 5 rings (SSSR count). The van der Waals surface area contributed by atoms with Gasteiger partial charge in [-0.2, -0.15) is 0 Å². The Labute approximate surface area is 220 Å². The van der Waals surface area contributed by atoms with Crippen molar-refractivity contribution in [2.24, 2.45) is 0 Å². The van der Waals surface area contributed by atoms with E-state index in [9.17, 15) is 13.5 Å². The SMILES string of the molecule is C[C@@H](O)c1cc2cnc(Nc3ccc(CN4CCN(CCO)CC4)cn3)nc2c(N2C=CS(=O)(=O)C=C2)n1. The van der Waals surface area contributed by atoms with E-state index in [0.29, 0.717) is 34.2 Å². The number of aliphatic hydroxyl groups excluding tert-OH is 2. The highest BCUT2D eigenvalue weighted by Gasteiger charge is 2.19. The summed E-state index contributed by atoms with van der Waals surface area (Å²) in [7, 11) is -3.42. The average Bonchev–Trinajstić information content (AvgIpc) is 2.90. The number of aromatic nitrogens is 4. The van der Waals surface area contributed by atoms with Crippen LogP contribution < -0.4 is 10.2 Å².